The molecular weight excluding hydrogens is 262 g/mol. The van der Waals surface area contributed by atoms with Crippen molar-refractivity contribution in [2.45, 2.75) is 0 Å². The van der Waals surface area contributed by atoms with E-state index in [9.17, 15) is 10.1 Å². The maximum absolute atomic E-state index is 10.6. The number of tetrazole rings is 1. The fraction of sp³-hybridized carbons (Fsp3) is 0. The van der Waals surface area contributed by atoms with Gasteiger partial charge in [0.2, 0.25) is 0 Å². The molecule has 0 unspecified atom stereocenters. The van der Waals surface area contributed by atoms with Gasteiger partial charge in [0.1, 0.15) is 0 Å². The van der Waals surface area contributed by atoms with E-state index >= 15 is 0 Å². The van der Waals surface area contributed by atoms with Crippen molar-refractivity contribution in [3.63, 3.8) is 0 Å². The van der Waals surface area contributed by atoms with Gasteiger partial charge in [-0.1, -0.05) is 21.5 Å². The lowest BCUT2D eigenvalue weighted by Crippen LogP contribution is -2.00. The number of benzene rings is 1. The summed E-state index contributed by atoms with van der Waals surface area (Å²) in [5.41, 5.74) is 5.66. The van der Waals surface area contributed by atoms with Crippen LogP contribution >= 0.6 is 11.6 Å². The van der Waals surface area contributed by atoms with Gasteiger partial charge in [-0.25, -0.2) is 0 Å². The number of halogens is 1. The average Bonchev–Trinajstić information content (AvgIpc) is 2.73. The highest BCUT2D eigenvalue weighted by atomic mass is 35.5. The number of anilines is 1. The van der Waals surface area contributed by atoms with Crippen LogP contribution in [-0.4, -0.2) is 31.5 Å². The molecule has 1 heterocycles. The van der Waals surface area contributed by atoms with Gasteiger partial charge < -0.3 is 5.73 Å². The van der Waals surface area contributed by atoms with Gasteiger partial charge in [-0.15, -0.1) is 0 Å². The Morgan fingerprint density at radius 1 is 1.56 bits per heavy atom. The molecule has 0 bridgehead atoms. The number of nitrogens with two attached hydrogens (primary N) is 1. The van der Waals surface area contributed by atoms with Crippen molar-refractivity contribution >= 4 is 29.5 Å². The average molecular weight is 268 g/mol. The number of rotatable bonds is 3. The minimum absolute atomic E-state index is 0.00666. The van der Waals surface area contributed by atoms with Crippen molar-refractivity contribution in [2.75, 3.05) is 5.73 Å². The van der Waals surface area contributed by atoms with E-state index in [1.54, 1.807) is 0 Å². The molecule has 2 aromatic rings. The second-order valence-corrected chi connectivity index (χ2v) is 3.54. The first-order chi connectivity index (χ1) is 8.58. The first-order valence-corrected chi connectivity index (χ1v) is 4.98. The van der Waals surface area contributed by atoms with E-state index in [0.717, 1.165) is 4.79 Å². The number of nitro groups is 1. The van der Waals surface area contributed by atoms with Crippen molar-refractivity contribution in [1.82, 2.24) is 20.3 Å². The highest BCUT2D eigenvalue weighted by molar-refractivity contribution is 6.33. The van der Waals surface area contributed by atoms with E-state index in [4.69, 9.17) is 17.3 Å². The van der Waals surface area contributed by atoms with Gasteiger partial charge in [-0.2, -0.15) is 5.10 Å². The Kier molecular flexibility index (Phi) is 3.15. The molecular formula is C8H6ClN7O2. The molecule has 0 atom stereocenters. The molecule has 2 N–H and O–H groups in total. The molecule has 2 rings (SSSR count). The van der Waals surface area contributed by atoms with Crippen LogP contribution in [0.2, 0.25) is 5.02 Å². The highest BCUT2D eigenvalue weighted by Gasteiger charge is 2.08. The minimum atomic E-state index is -0.529. The SMILES string of the molecule is Nc1nnnn1N=Cc1cc([N+](=O)[O-])ccc1Cl. The highest BCUT2D eigenvalue weighted by Crippen LogP contribution is 2.20. The summed E-state index contributed by atoms with van der Waals surface area (Å²) >= 11 is 5.87. The van der Waals surface area contributed by atoms with Crippen LogP contribution in [0.25, 0.3) is 0 Å². The third kappa shape index (κ3) is 2.40. The molecule has 0 aliphatic rings. The van der Waals surface area contributed by atoms with Gasteiger partial charge in [0.15, 0.2) is 0 Å². The van der Waals surface area contributed by atoms with E-state index in [1.165, 1.54) is 24.4 Å². The summed E-state index contributed by atoms with van der Waals surface area (Å²) in [7, 11) is 0. The van der Waals surface area contributed by atoms with Crippen LogP contribution in [0.3, 0.4) is 0 Å². The molecule has 1 aromatic carbocycles. The summed E-state index contributed by atoms with van der Waals surface area (Å²) in [6, 6.07) is 3.99. The van der Waals surface area contributed by atoms with Gasteiger partial charge in [-0.3, -0.25) is 10.1 Å². The summed E-state index contributed by atoms with van der Waals surface area (Å²) in [5.74, 6) is -0.00666. The van der Waals surface area contributed by atoms with Crippen LogP contribution in [0, 0.1) is 10.1 Å². The van der Waals surface area contributed by atoms with E-state index < -0.39 is 4.92 Å². The predicted molar refractivity (Wildman–Crippen MR) is 63.3 cm³/mol. The molecule has 10 heteroatoms. The van der Waals surface area contributed by atoms with Crippen molar-refractivity contribution in [2.24, 2.45) is 5.10 Å². The maximum Gasteiger partial charge on any atom is 0.270 e. The summed E-state index contributed by atoms with van der Waals surface area (Å²) in [6.07, 6.45) is 1.28. The van der Waals surface area contributed by atoms with Crippen LogP contribution < -0.4 is 5.73 Å². The minimum Gasteiger partial charge on any atom is -0.365 e. The fourth-order valence-corrected chi connectivity index (χ4v) is 1.30. The maximum atomic E-state index is 10.6. The quantitative estimate of drug-likeness (QED) is 0.495. The monoisotopic (exact) mass is 267 g/mol. The zero-order valence-corrected chi connectivity index (χ0v) is 9.52. The molecule has 0 amide bonds. The summed E-state index contributed by atoms with van der Waals surface area (Å²) in [5, 5.41) is 24.9. The van der Waals surface area contributed by atoms with E-state index in [2.05, 4.69) is 20.6 Å². The Bertz CT molecular complexity index is 624. The molecule has 0 saturated heterocycles. The first kappa shape index (κ1) is 11.9. The largest absolute Gasteiger partial charge is 0.365 e. The van der Waals surface area contributed by atoms with Crippen molar-refractivity contribution in [1.29, 1.82) is 0 Å². The number of nitro benzene ring substituents is 1. The second kappa shape index (κ2) is 4.75. The van der Waals surface area contributed by atoms with Crippen molar-refractivity contribution < 1.29 is 4.92 Å². The van der Waals surface area contributed by atoms with Crippen LogP contribution in [0.5, 0.6) is 0 Å². The Morgan fingerprint density at radius 2 is 2.33 bits per heavy atom. The van der Waals surface area contributed by atoms with Crippen LogP contribution in [0.15, 0.2) is 23.3 Å². The summed E-state index contributed by atoms with van der Waals surface area (Å²) < 4.78 is 0. The van der Waals surface area contributed by atoms with Gasteiger partial charge in [0, 0.05) is 22.7 Å². The van der Waals surface area contributed by atoms with E-state index in [0.29, 0.717) is 10.6 Å². The molecule has 92 valence electrons. The third-order valence-electron chi connectivity index (χ3n) is 1.97. The zero-order chi connectivity index (χ0) is 13.1. The van der Waals surface area contributed by atoms with Crippen LogP contribution in [-0.2, 0) is 0 Å². The van der Waals surface area contributed by atoms with Crippen LogP contribution in [0.4, 0.5) is 11.6 Å². The number of aromatic nitrogens is 4. The van der Waals surface area contributed by atoms with Gasteiger partial charge in [0.05, 0.1) is 11.1 Å². The third-order valence-corrected chi connectivity index (χ3v) is 2.32. The molecule has 0 aliphatic heterocycles. The molecule has 0 spiro atoms. The lowest BCUT2D eigenvalue weighted by atomic mass is 10.2. The second-order valence-electron chi connectivity index (χ2n) is 3.13. The Labute approximate surface area is 105 Å². The number of non-ortho nitro benzene ring substituents is 1. The topological polar surface area (TPSA) is 125 Å². The standard InChI is InChI=1S/C8H6ClN7O2/c9-7-2-1-6(16(17)18)3-5(7)4-11-15-8(10)12-13-14-15/h1-4H,(H2,10,12,14). The normalized spacial score (nSPS) is 10.9. The lowest BCUT2D eigenvalue weighted by Gasteiger charge is -1.97. The van der Waals surface area contributed by atoms with Gasteiger partial charge in [0.25, 0.3) is 11.6 Å². The Morgan fingerprint density at radius 3 is 2.94 bits per heavy atom. The molecule has 0 aliphatic carbocycles. The fourth-order valence-electron chi connectivity index (χ4n) is 1.13. The van der Waals surface area contributed by atoms with Crippen molar-refractivity contribution in [3.8, 4) is 0 Å². The molecule has 18 heavy (non-hydrogen) atoms. The molecule has 1 aromatic heterocycles. The smallest absolute Gasteiger partial charge is 0.270 e. The molecule has 0 saturated carbocycles. The predicted octanol–water partition coefficient (Wildman–Crippen LogP) is 0.699. The molecule has 0 fully saturated rings. The van der Waals surface area contributed by atoms with Crippen LogP contribution in [0.1, 0.15) is 5.56 Å². The van der Waals surface area contributed by atoms with E-state index in [-0.39, 0.29) is 11.6 Å². The molecule has 0 radical (unpaired) electrons. The van der Waals surface area contributed by atoms with Gasteiger partial charge >= 0.3 is 0 Å². The van der Waals surface area contributed by atoms with Gasteiger partial charge in [-0.05, 0) is 16.5 Å². The van der Waals surface area contributed by atoms with E-state index in [1.807, 2.05) is 0 Å². The number of nitrogen functional groups attached to an aromatic ring is 1. The summed E-state index contributed by atoms with van der Waals surface area (Å²) in [4.78, 5) is 11.1. The zero-order valence-electron chi connectivity index (χ0n) is 8.76. The summed E-state index contributed by atoms with van der Waals surface area (Å²) in [6.45, 7) is 0. The molecule has 9 nitrogen and oxygen atoms in total. The Hall–Kier alpha value is -2.55. The number of hydrogen-bond acceptors (Lipinski definition) is 7. The number of nitrogens with zero attached hydrogens (tertiary/aromatic N) is 6. The van der Waals surface area contributed by atoms with Crippen molar-refractivity contribution in [3.05, 3.63) is 38.9 Å². The number of hydrogen-bond donors (Lipinski definition) is 1. The first-order valence-electron chi connectivity index (χ1n) is 4.60. The lowest BCUT2D eigenvalue weighted by molar-refractivity contribution is -0.384. The Balaban J connectivity index is 2.34.